The van der Waals surface area contributed by atoms with Gasteiger partial charge in [0.15, 0.2) is 0 Å². The third-order valence-electron chi connectivity index (χ3n) is 8.22. The summed E-state index contributed by atoms with van der Waals surface area (Å²) in [5, 5.41) is 35.6. The van der Waals surface area contributed by atoms with Crippen LogP contribution in [0.5, 0.6) is 0 Å². The molecule has 2 radical (unpaired) electrons. The molecule has 0 spiro atoms. The maximum atomic E-state index is 13.1. The Morgan fingerprint density at radius 3 is 1.18 bits per heavy atom. The summed E-state index contributed by atoms with van der Waals surface area (Å²) in [7, 11) is 0. The van der Waals surface area contributed by atoms with Crippen LogP contribution in [0.3, 0.4) is 0 Å². The van der Waals surface area contributed by atoms with E-state index in [1.807, 2.05) is 79.7 Å². The highest BCUT2D eigenvalue weighted by Gasteiger charge is 2.47. The molecule has 2 fully saturated rings. The van der Waals surface area contributed by atoms with Gasteiger partial charge in [0.1, 0.15) is 0 Å². The predicted molar refractivity (Wildman–Crippen MR) is 146 cm³/mol. The van der Waals surface area contributed by atoms with Crippen LogP contribution >= 0.6 is 0 Å². The van der Waals surface area contributed by atoms with Crippen molar-refractivity contribution in [1.29, 1.82) is 0 Å². The molecule has 0 aromatic heterocycles. The Labute approximate surface area is 226 Å². The van der Waals surface area contributed by atoms with E-state index >= 15 is 0 Å². The van der Waals surface area contributed by atoms with Gasteiger partial charge in [0.25, 0.3) is 11.8 Å². The molecule has 8 heteroatoms. The molecule has 2 heterocycles. The van der Waals surface area contributed by atoms with Crippen molar-refractivity contribution in [2.75, 3.05) is 0 Å². The molecule has 2 aromatic rings. The van der Waals surface area contributed by atoms with Crippen LogP contribution in [0, 0.1) is 0 Å². The number of rotatable bonds is 4. The van der Waals surface area contributed by atoms with E-state index in [0.29, 0.717) is 36.8 Å². The van der Waals surface area contributed by atoms with Gasteiger partial charge in [-0.2, -0.15) is 0 Å². The largest absolute Gasteiger partial charge is 0.349 e. The minimum Gasteiger partial charge on any atom is -0.349 e. The Kier molecular flexibility index (Phi) is 7.19. The van der Waals surface area contributed by atoms with Gasteiger partial charge in [-0.3, -0.25) is 9.59 Å². The van der Waals surface area contributed by atoms with Crippen LogP contribution in [0.15, 0.2) is 36.4 Å². The third-order valence-corrected chi connectivity index (χ3v) is 8.22. The van der Waals surface area contributed by atoms with Crippen molar-refractivity contribution in [1.82, 2.24) is 20.8 Å². The molecule has 0 aliphatic carbocycles. The lowest BCUT2D eigenvalue weighted by atomic mass is 9.79. The number of hydrogen-bond acceptors (Lipinski definition) is 4. The first-order valence-electron chi connectivity index (χ1n) is 13.5. The predicted octanol–water partition coefficient (Wildman–Crippen LogP) is 5.03. The number of nitrogens with one attached hydrogen (secondary N) is 2. The second-order valence-electron chi connectivity index (χ2n) is 13.8. The minimum atomic E-state index is -0.558. The van der Waals surface area contributed by atoms with Gasteiger partial charge >= 0.3 is 0 Å². The fraction of sp³-hybridized carbons (Fsp3) is 0.600. The Hall–Kier alpha value is -2.52. The monoisotopic (exact) mass is 523 g/mol. The Bertz CT molecular complexity index is 1100. The van der Waals surface area contributed by atoms with Gasteiger partial charge in [0, 0.05) is 45.4 Å². The maximum absolute atomic E-state index is 13.1. The van der Waals surface area contributed by atoms with Crippen LogP contribution < -0.4 is 10.6 Å². The molecule has 2 saturated heterocycles. The van der Waals surface area contributed by atoms with Gasteiger partial charge in [-0.1, -0.05) is 12.1 Å². The summed E-state index contributed by atoms with van der Waals surface area (Å²) < 4.78 is 0. The first kappa shape index (κ1) is 28.5. The van der Waals surface area contributed by atoms with Crippen LogP contribution in [0.1, 0.15) is 102 Å². The van der Waals surface area contributed by atoms with E-state index in [-0.39, 0.29) is 23.9 Å². The van der Waals surface area contributed by atoms with Crippen molar-refractivity contribution < 1.29 is 20.0 Å². The zero-order chi connectivity index (χ0) is 28.3. The van der Waals surface area contributed by atoms with Gasteiger partial charge in [0.2, 0.25) is 0 Å². The molecule has 2 N–H and O–H groups in total. The lowest BCUT2D eigenvalue weighted by molar-refractivity contribution is -0.289. The standard InChI is InChI=1S/C30H42N4O4/c1-27(2)15-23(16-28(3,4)33(27)37)31-25(35)21-11-9-20-14-22(12-10-19(20)13-21)26(36)32-24-17-29(5,6)34(38)30(7,8)18-24/h9-14,23-24H,15-18H2,1-8H3,(H,31,35)(H,32,36)/i33+0,34+1. The molecule has 2 aliphatic rings. The van der Waals surface area contributed by atoms with Crippen molar-refractivity contribution in [3.63, 3.8) is 0 Å². The molecule has 206 valence electrons. The molecular formula is C30H42N4O4. The molecule has 0 atom stereocenters. The number of amides is 2. The van der Waals surface area contributed by atoms with Gasteiger partial charge < -0.3 is 10.6 Å². The quantitative estimate of drug-likeness (QED) is 0.548. The van der Waals surface area contributed by atoms with Crippen molar-refractivity contribution in [2.24, 2.45) is 0 Å². The van der Waals surface area contributed by atoms with Gasteiger partial charge in [-0.15, -0.1) is 20.5 Å². The number of piperidine rings is 2. The van der Waals surface area contributed by atoms with E-state index in [1.165, 1.54) is 0 Å². The number of carbonyl (C=O) groups is 2. The summed E-state index contributed by atoms with van der Waals surface area (Å²) in [6, 6.07) is 10.7. The van der Waals surface area contributed by atoms with E-state index in [1.54, 1.807) is 12.1 Å². The van der Waals surface area contributed by atoms with Crippen molar-refractivity contribution in [3.8, 4) is 0 Å². The van der Waals surface area contributed by atoms with Crippen molar-refractivity contribution in [2.45, 2.75) is 115 Å². The number of hydroxylamine groups is 4. The number of hydrogen-bond donors (Lipinski definition) is 2. The van der Waals surface area contributed by atoms with E-state index in [9.17, 15) is 20.0 Å². The average Bonchev–Trinajstić information content (AvgIpc) is 2.79. The van der Waals surface area contributed by atoms with E-state index in [4.69, 9.17) is 0 Å². The molecule has 0 unspecified atom stereocenters. The molecule has 2 aromatic carbocycles. The fourth-order valence-electron chi connectivity index (χ4n) is 6.80. The molecule has 4 rings (SSSR count). The first-order valence-corrected chi connectivity index (χ1v) is 13.5. The summed E-state index contributed by atoms with van der Waals surface area (Å²) in [5.74, 6) is -0.334. The highest BCUT2D eigenvalue weighted by atomic mass is 16.8. The first-order chi connectivity index (χ1) is 17.4. The van der Waals surface area contributed by atoms with Crippen molar-refractivity contribution >= 4 is 22.6 Å². The van der Waals surface area contributed by atoms with Crippen LogP contribution in [0.4, 0.5) is 0 Å². The normalized spacial score (nSPS) is 23.7. The maximum Gasteiger partial charge on any atom is 0.251 e. The number of benzene rings is 2. The SMILES string of the molecule is CC1(C)CC(NC(=O)c2ccc3cc(C(=O)NC4CC(C)(C)[15N]([O])C(C)(C)C4)ccc3c2)CC(C)(C)[14N]1[O]. The van der Waals surface area contributed by atoms with Crippen LogP contribution in [0.25, 0.3) is 10.8 Å². The zero-order valence-corrected chi connectivity index (χ0v) is 24.0. The van der Waals surface area contributed by atoms with E-state index in [0.717, 1.165) is 20.9 Å². The lowest BCUT2D eigenvalue weighted by Gasteiger charge is -2.50. The summed E-state index contributed by atoms with van der Waals surface area (Å²) in [4.78, 5) is 26.2. The number of carbonyl (C=O) groups excluding carboxylic acids is 2. The lowest BCUT2D eigenvalue weighted by Crippen LogP contribution is -2.62. The fourth-order valence-corrected chi connectivity index (χ4v) is 6.80. The summed E-state index contributed by atoms with van der Waals surface area (Å²) in [5.41, 5.74) is -1.14. The van der Waals surface area contributed by atoms with Gasteiger partial charge in [0.05, 0.1) is 0 Å². The molecule has 8 nitrogen and oxygen atoms in total. The van der Waals surface area contributed by atoms with E-state index < -0.39 is 22.2 Å². The van der Waals surface area contributed by atoms with Crippen LogP contribution in [-0.4, -0.2) is 56.2 Å². The Balaban J connectivity index is 1.45. The number of nitrogens with zero attached hydrogens (tertiary/aromatic N) is 2. The smallest absolute Gasteiger partial charge is 0.251 e. The average molecular weight is 524 g/mol. The van der Waals surface area contributed by atoms with Crippen LogP contribution in [-0.2, 0) is 10.4 Å². The third kappa shape index (κ3) is 5.59. The van der Waals surface area contributed by atoms with Crippen LogP contribution in [0.2, 0.25) is 0 Å². The molecule has 2 aliphatic heterocycles. The number of fused-ring (bicyclic) bond motifs is 1. The summed E-state index contributed by atoms with van der Waals surface area (Å²) in [6.07, 6.45) is 2.33. The Morgan fingerprint density at radius 2 is 0.895 bits per heavy atom. The molecular weight excluding hydrogens is 481 g/mol. The second kappa shape index (κ2) is 9.59. The summed E-state index contributed by atoms with van der Waals surface area (Å²) in [6.45, 7) is 15.3. The topological polar surface area (TPSA) is 104 Å². The molecule has 2 amide bonds. The molecule has 38 heavy (non-hydrogen) atoms. The Morgan fingerprint density at radius 1 is 0.605 bits per heavy atom. The van der Waals surface area contributed by atoms with Crippen molar-refractivity contribution in [3.05, 3.63) is 47.5 Å². The highest BCUT2D eigenvalue weighted by molar-refractivity contribution is 6.02. The van der Waals surface area contributed by atoms with E-state index in [2.05, 4.69) is 10.6 Å². The molecule has 0 saturated carbocycles. The minimum absolute atomic E-state index is 0.0945. The van der Waals surface area contributed by atoms with Gasteiger partial charge in [-0.05, 0) is 116 Å². The van der Waals surface area contributed by atoms with Gasteiger partial charge in [-0.25, -0.2) is 0 Å². The molecule has 0 bridgehead atoms. The highest BCUT2D eigenvalue weighted by Crippen LogP contribution is 2.38. The summed E-state index contributed by atoms with van der Waals surface area (Å²) >= 11 is 0. The zero-order valence-electron chi connectivity index (χ0n) is 24.0. The second-order valence-corrected chi connectivity index (χ2v) is 13.8.